The number of hydrogen-bond acceptors (Lipinski definition) is 2. The summed E-state index contributed by atoms with van der Waals surface area (Å²) < 4.78 is 0. The summed E-state index contributed by atoms with van der Waals surface area (Å²) in [7, 11) is 0. The zero-order valence-corrected chi connectivity index (χ0v) is 4.52. The Labute approximate surface area is 43.8 Å². The van der Waals surface area contributed by atoms with E-state index in [0.29, 0.717) is 6.42 Å². The van der Waals surface area contributed by atoms with Crippen molar-refractivity contribution in [2.75, 3.05) is 0 Å². The average molecular weight is 103 g/mol. The van der Waals surface area contributed by atoms with Crippen molar-refractivity contribution in [1.82, 2.24) is 0 Å². The van der Waals surface area contributed by atoms with Crippen LogP contribution in [0.4, 0.5) is 0 Å². The van der Waals surface area contributed by atoms with Crippen LogP contribution in [0.1, 0.15) is 19.8 Å². The van der Waals surface area contributed by atoms with Crippen LogP contribution in [0.3, 0.4) is 0 Å². The zero-order chi connectivity index (χ0) is 5.91. The first-order chi connectivity index (χ1) is 3.12. The number of hydrogen-bond donors (Lipinski definition) is 2. The lowest BCUT2D eigenvalue weighted by Crippen LogP contribution is -2.24. The van der Waals surface area contributed by atoms with Crippen molar-refractivity contribution < 1.29 is 10.2 Å². The predicted molar refractivity (Wildman–Crippen MR) is 27.4 cm³/mol. The second-order valence-corrected chi connectivity index (χ2v) is 1.59. The molecule has 0 amide bonds. The van der Waals surface area contributed by atoms with E-state index >= 15 is 0 Å². The molecule has 0 rings (SSSR count). The van der Waals surface area contributed by atoms with Crippen molar-refractivity contribution >= 4 is 0 Å². The van der Waals surface area contributed by atoms with Gasteiger partial charge in [0.2, 0.25) is 0 Å². The van der Waals surface area contributed by atoms with Crippen LogP contribution in [0.2, 0.25) is 0 Å². The van der Waals surface area contributed by atoms with Crippen LogP contribution in [0.5, 0.6) is 0 Å². The lowest BCUT2D eigenvalue weighted by Gasteiger charge is -2.15. The first kappa shape index (κ1) is 6.92. The summed E-state index contributed by atoms with van der Waals surface area (Å²) >= 11 is 0. The maximum Gasteiger partial charge on any atom is 0.162 e. The van der Waals surface area contributed by atoms with Gasteiger partial charge in [0.05, 0.1) is 0 Å². The third-order valence-electron chi connectivity index (χ3n) is 0.967. The molecule has 0 aromatic carbocycles. The van der Waals surface area contributed by atoms with Gasteiger partial charge >= 0.3 is 0 Å². The molecule has 0 spiro atoms. The monoisotopic (exact) mass is 103 g/mol. The van der Waals surface area contributed by atoms with E-state index in [4.69, 9.17) is 10.2 Å². The van der Waals surface area contributed by atoms with Crippen molar-refractivity contribution in [3.63, 3.8) is 0 Å². The fraction of sp³-hybridized carbons (Fsp3) is 0.800. The Kier molecular flexibility index (Phi) is 2.26. The smallest absolute Gasteiger partial charge is 0.162 e. The predicted octanol–water partition coefficient (Wildman–Crippen LogP) is 0.301. The second-order valence-electron chi connectivity index (χ2n) is 1.59. The Morgan fingerprint density at radius 3 is 2.00 bits per heavy atom. The van der Waals surface area contributed by atoms with Gasteiger partial charge in [-0.3, -0.25) is 0 Å². The molecule has 0 bridgehead atoms. The summed E-state index contributed by atoms with van der Waals surface area (Å²) in [5, 5.41) is 17.2. The molecule has 43 valence electrons. The molecule has 0 saturated heterocycles. The van der Waals surface area contributed by atoms with E-state index < -0.39 is 5.79 Å². The molecule has 0 aromatic rings. The first-order valence-corrected chi connectivity index (χ1v) is 2.36. The first-order valence-electron chi connectivity index (χ1n) is 2.36. The Balaban J connectivity index is 3.36. The highest BCUT2D eigenvalue weighted by molar-refractivity contribution is 4.61. The molecule has 0 unspecified atom stereocenters. The van der Waals surface area contributed by atoms with Crippen LogP contribution in [0.25, 0.3) is 0 Å². The van der Waals surface area contributed by atoms with E-state index in [9.17, 15) is 0 Å². The summed E-state index contributed by atoms with van der Waals surface area (Å²) in [4.78, 5) is 0. The molecule has 1 radical (unpaired) electrons. The van der Waals surface area contributed by atoms with E-state index in [-0.39, 0.29) is 6.42 Å². The van der Waals surface area contributed by atoms with E-state index in [1.165, 1.54) is 0 Å². The van der Waals surface area contributed by atoms with Crippen LogP contribution >= 0.6 is 0 Å². The molecule has 0 atom stereocenters. The van der Waals surface area contributed by atoms with Gasteiger partial charge in [-0.25, -0.2) is 0 Å². The van der Waals surface area contributed by atoms with Gasteiger partial charge in [-0.15, -0.1) is 0 Å². The molecule has 2 heteroatoms. The Bertz CT molecular complexity index is 44.0. The molecule has 2 N–H and O–H groups in total. The third kappa shape index (κ3) is 2.60. The molecule has 0 aliphatic heterocycles. The highest BCUT2D eigenvalue weighted by atomic mass is 16.5. The normalized spacial score (nSPS) is 12.0. The highest BCUT2D eigenvalue weighted by Crippen LogP contribution is 2.07. The molecule has 0 aromatic heterocycles. The highest BCUT2D eigenvalue weighted by Gasteiger charge is 2.15. The van der Waals surface area contributed by atoms with Gasteiger partial charge in [-0.05, 0) is 13.3 Å². The lowest BCUT2D eigenvalue weighted by molar-refractivity contribution is -0.159. The largest absolute Gasteiger partial charge is 0.366 e. The van der Waals surface area contributed by atoms with Gasteiger partial charge in [0.25, 0.3) is 0 Å². The summed E-state index contributed by atoms with van der Waals surface area (Å²) in [5.41, 5.74) is 0. The van der Waals surface area contributed by atoms with Crippen molar-refractivity contribution in [3.05, 3.63) is 6.92 Å². The summed E-state index contributed by atoms with van der Waals surface area (Å²) in [6.45, 7) is 5.03. The standard InChI is InChI=1S/C5H11O2/c1-3-5(6,7)4-2/h6-7H,1,3-4H2,2H3. The van der Waals surface area contributed by atoms with Crippen molar-refractivity contribution in [2.24, 2.45) is 0 Å². The van der Waals surface area contributed by atoms with Crippen molar-refractivity contribution in [2.45, 2.75) is 25.6 Å². The molecule has 0 heterocycles. The molecule has 7 heavy (non-hydrogen) atoms. The van der Waals surface area contributed by atoms with E-state index in [1.54, 1.807) is 6.92 Å². The lowest BCUT2D eigenvalue weighted by atomic mass is 10.2. The van der Waals surface area contributed by atoms with Crippen LogP contribution in [0, 0.1) is 6.92 Å². The maximum atomic E-state index is 8.62. The van der Waals surface area contributed by atoms with E-state index in [2.05, 4.69) is 6.92 Å². The topological polar surface area (TPSA) is 40.5 Å². The van der Waals surface area contributed by atoms with Gasteiger partial charge < -0.3 is 10.2 Å². The van der Waals surface area contributed by atoms with Gasteiger partial charge in [-0.2, -0.15) is 0 Å². The Morgan fingerprint density at radius 2 is 2.00 bits per heavy atom. The fourth-order valence-electron chi connectivity index (χ4n) is 0.177. The molecular formula is C5H11O2. The Hall–Kier alpha value is -0.0800. The van der Waals surface area contributed by atoms with E-state index in [0.717, 1.165) is 0 Å². The van der Waals surface area contributed by atoms with Gasteiger partial charge in [0.1, 0.15) is 0 Å². The summed E-state index contributed by atoms with van der Waals surface area (Å²) in [6.07, 6.45) is 0.500. The molecule has 0 aliphatic carbocycles. The molecule has 0 aliphatic rings. The average Bonchev–Trinajstić information content (AvgIpc) is 1.68. The second kappa shape index (κ2) is 2.28. The molecule has 2 nitrogen and oxygen atoms in total. The maximum absolute atomic E-state index is 8.62. The fourth-order valence-corrected chi connectivity index (χ4v) is 0.177. The molecular weight excluding hydrogens is 92.1 g/mol. The van der Waals surface area contributed by atoms with Crippen LogP contribution in [-0.4, -0.2) is 16.0 Å². The van der Waals surface area contributed by atoms with Crippen LogP contribution < -0.4 is 0 Å². The molecule has 0 fully saturated rings. The van der Waals surface area contributed by atoms with Gasteiger partial charge in [0, 0.05) is 6.42 Å². The minimum atomic E-state index is -1.53. The Morgan fingerprint density at radius 1 is 1.57 bits per heavy atom. The molecule has 0 saturated carbocycles. The minimum absolute atomic E-state index is 0.156. The SMILES string of the molecule is [CH2]CC(O)(O)CC. The van der Waals surface area contributed by atoms with Gasteiger partial charge in [0.15, 0.2) is 5.79 Å². The summed E-state index contributed by atoms with van der Waals surface area (Å²) in [6, 6.07) is 0. The van der Waals surface area contributed by atoms with E-state index in [1.807, 2.05) is 0 Å². The van der Waals surface area contributed by atoms with Crippen molar-refractivity contribution in [1.29, 1.82) is 0 Å². The van der Waals surface area contributed by atoms with Crippen LogP contribution in [-0.2, 0) is 0 Å². The number of rotatable bonds is 2. The quantitative estimate of drug-likeness (QED) is 0.493. The zero-order valence-electron chi connectivity index (χ0n) is 4.52. The summed E-state index contributed by atoms with van der Waals surface area (Å²) in [5.74, 6) is -1.53. The van der Waals surface area contributed by atoms with Gasteiger partial charge in [-0.1, -0.05) is 6.92 Å². The van der Waals surface area contributed by atoms with Crippen molar-refractivity contribution in [3.8, 4) is 0 Å². The third-order valence-corrected chi connectivity index (χ3v) is 0.967. The minimum Gasteiger partial charge on any atom is -0.366 e. The van der Waals surface area contributed by atoms with Crippen LogP contribution in [0.15, 0.2) is 0 Å². The number of aliphatic hydroxyl groups is 2.